The number of nitrogens with zero attached hydrogens (tertiary/aromatic N) is 1. The molecule has 3 heteroatoms. The molecule has 1 unspecified atom stereocenters. The fourth-order valence-corrected chi connectivity index (χ4v) is 3.55. The average Bonchev–Trinajstić information content (AvgIpc) is 3.03. The first-order valence-electron chi connectivity index (χ1n) is 7.42. The van der Waals surface area contributed by atoms with Crippen molar-refractivity contribution in [1.82, 2.24) is 5.32 Å². The third-order valence-electron chi connectivity index (χ3n) is 3.78. The van der Waals surface area contributed by atoms with Gasteiger partial charge < -0.3 is 5.32 Å². The van der Waals surface area contributed by atoms with Crippen LogP contribution in [0.15, 0.2) is 59.6 Å². The second-order valence-corrected chi connectivity index (χ2v) is 6.17. The first kappa shape index (κ1) is 14.2. The topological polar surface area (TPSA) is 24.4 Å². The Kier molecular flexibility index (Phi) is 4.61. The van der Waals surface area contributed by atoms with Crippen molar-refractivity contribution in [3.05, 3.63) is 71.3 Å². The van der Waals surface area contributed by atoms with Crippen molar-refractivity contribution in [3.8, 4) is 0 Å². The van der Waals surface area contributed by atoms with E-state index in [-0.39, 0.29) is 0 Å². The maximum absolute atomic E-state index is 4.75. The summed E-state index contributed by atoms with van der Waals surface area (Å²) >= 11 is 1.82. The number of benzene rings is 2. The smallest absolute Gasteiger partial charge is 0.157 e. The molecule has 1 heterocycles. The van der Waals surface area contributed by atoms with E-state index in [4.69, 9.17) is 4.99 Å². The van der Waals surface area contributed by atoms with Crippen LogP contribution in [0.1, 0.15) is 29.7 Å². The number of thioether (sulfide) groups is 1. The summed E-state index contributed by atoms with van der Waals surface area (Å²) in [7, 11) is 0. The number of hydrogen-bond donors (Lipinski definition) is 1. The SMILES string of the molecule is CCc1ccccc1CN=C1NC(c2ccccc2)CS1. The van der Waals surface area contributed by atoms with Crippen LogP contribution < -0.4 is 5.32 Å². The molecule has 2 aromatic rings. The molecule has 1 aliphatic rings. The van der Waals surface area contributed by atoms with E-state index >= 15 is 0 Å². The summed E-state index contributed by atoms with van der Waals surface area (Å²) in [6, 6.07) is 19.5. The lowest BCUT2D eigenvalue weighted by Crippen LogP contribution is -2.19. The van der Waals surface area contributed by atoms with Gasteiger partial charge >= 0.3 is 0 Å². The van der Waals surface area contributed by atoms with Crippen LogP contribution in [0.25, 0.3) is 0 Å². The monoisotopic (exact) mass is 296 g/mol. The molecule has 1 saturated heterocycles. The van der Waals surface area contributed by atoms with Gasteiger partial charge in [-0.2, -0.15) is 0 Å². The van der Waals surface area contributed by atoms with Crippen molar-refractivity contribution in [1.29, 1.82) is 0 Å². The van der Waals surface area contributed by atoms with Gasteiger partial charge in [-0.05, 0) is 23.1 Å². The van der Waals surface area contributed by atoms with Gasteiger partial charge in [-0.1, -0.05) is 73.3 Å². The second kappa shape index (κ2) is 6.81. The first-order chi connectivity index (χ1) is 10.4. The molecule has 0 saturated carbocycles. The van der Waals surface area contributed by atoms with E-state index in [9.17, 15) is 0 Å². The molecule has 3 rings (SSSR count). The van der Waals surface area contributed by atoms with E-state index in [1.807, 2.05) is 11.8 Å². The summed E-state index contributed by atoms with van der Waals surface area (Å²) in [5.41, 5.74) is 4.06. The predicted molar refractivity (Wildman–Crippen MR) is 91.7 cm³/mol. The van der Waals surface area contributed by atoms with Gasteiger partial charge in [-0.15, -0.1) is 0 Å². The van der Waals surface area contributed by atoms with E-state index in [0.29, 0.717) is 6.04 Å². The minimum Gasteiger partial charge on any atom is -0.357 e. The molecule has 0 radical (unpaired) electrons. The molecule has 1 fully saturated rings. The second-order valence-electron chi connectivity index (χ2n) is 5.16. The van der Waals surface area contributed by atoms with Crippen molar-refractivity contribution in [3.63, 3.8) is 0 Å². The molecule has 0 spiro atoms. The lowest BCUT2D eigenvalue weighted by Gasteiger charge is -2.10. The molecular weight excluding hydrogens is 276 g/mol. The molecule has 0 aromatic heterocycles. The van der Waals surface area contributed by atoms with Gasteiger partial charge in [0, 0.05) is 5.75 Å². The maximum Gasteiger partial charge on any atom is 0.157 e. The highest BCUT2D eigenvalue weighted by molar-refractivity contribution is 8.14. The molecule has 21 heavy (non-hydrogen) atoms. The Hall–Kier alpha value is -1.74. The third-order valence-corrected chi connectivity index (χ3v) is 4.80. The Morgan fingerprint density at radius 1 is 1.05 bits per heavy atom. The summed E-state index contributed by atoms with van der Waals surface area (Å²) in [6.07, 6.45) is 1.06. The van der Waals surface area contributed by atoms with Crippen LogP contribution in [0.4, 0.5) is 0 Å². The molecule has 108 valence electrons. The van der Waals surface area contributed by atoms with Gasteiger partial charge in [-0.25, -0.2) is 0 Å². The van der Waals surface area contributed by atoms with Crippen LogP contribution in [0.3, 0.4) is 0 Å². The van der Waals surface area contributed by atoms with E-state index in [2.05, 4.69) is 66.8 Å². The van der Waals surface area contributed by atoms with Gasteiger partial charge in [0.05, 0.1) is 12.6 Å². The maximum atomic E-state index is 4.75. The van der Waals surface area contributed by atoms with E-state index in [0.717, 1.165) is 23.9 Å². The van der Waals surface area contributed by atoms with E-state index < -0.39 is 0 Å². The number of aryl methyl sites for hydroxylation is 1. The summed E-state index contributed by atoms with van der Waals surface area (Å²) in [5, 5.41) is 4.59. The normalized spacial score (nSPS) is 19.7. The molecule has 0 amide bonds. The Morgan fingerprint density at radius 3 is 2.52 bits per heavy atom. The van der Waals surface area contributed by atoms with Gasteiger partial charge in [-0.3, -0.25) is 4.99 Å². The highest BCUT2D eigenvalue weighted by Crippen LogP contribution is 2.26. The van der Waals surface area contributed by atoms with Crippen molar-refractivity contribution >= 4 is 16.9 Å². The standard InChI is InChI=1S/C18H20N2S/c1-2-14-8-6-7-11-16(14)12-19-18-20-17(13-21-18)15-9-4-3-5-10-15/h3-11,17H,2,12-13H2,1H3,(H,19,20). The van der Waals surface area contributed by atoms with Crippen LogP contribution in [0.5, 0.6) is 0 Å². The summed E-state index contributed by atoms with van der Waals surface area (Å²) in [6.45, 7) is 2.96. The van der Waals surface area contributed by atoms with Gasteiger partial charge in [0.15, 0.2) is 5.17 Å². The molecule has 0 bridgehead atoms. The summed E-state index contributed by atoms with van der Waals surface area (Å²) < 4.78 is 0. The van der Waals surface area contributed by atoms with Crippen LogP contribution >= 0.6 is 11.8 Å². The number of aliphatic imine (C=N–C) groups is 1. The molecule has 1 N–H and O–H groups in total. The third kappa shape index (κ3) is 3.48. The van der Waals surface area contributed by atoms with Crippen LogP contribution in [-0.4, -0.2) is 10.9 Å². The average molecular weight is 296 g/mol. The zero-order valence-electron chi connectivity index (χ0n) is 12.3. The fraction of sp³-hybridized carbons (Fsp3) is 0.278. The van der Waals surface area contributed by atoms with Crippen molar-refractivity contribution in [2.24, 2.45) is 4.99 Å². The number of amidine groups is 1. The zero-order chi connectivity index (χ0) is 14.5. The highest BCUT2D eigenvalue weighted by atomic mass is 32.2. The Morgan fingerprint density at radius 2 is 1.76 bits per heavy atom. The van der Waals surface area contributed by atoms with E-state index in [1.165, 1.54) is 16.7 Å². The van der Waals surface area contributed by atoms with Gasteiger partial charge in [0.25, 0.3) is 0 Å². The quantitative estimate of drug-likeness (QED) is 0.915. The minimum absolute atomic E-state index is 0.386. The predicted octanol–water partition coefficient (Wildman–Crippen LogP) is 4.18. The van der Waals surface area contributed by atoms with Gasteiger partial charge in [0.2, 0.25) is 0 Å². The van der Waals surface area contributed by atoms with Gasteiger partial charge in [0.1, 0.15) is 0 Å². The van der Waals surface area contributed by atoms with Crippen LogP contribution in [0, 0.1) is 0 Å². The molecule has 0 aliphatic carbocycles. The van der Waals surface area contributed by atoms with Crippen molar-refractivity contribution < 1.29 is 0 Å². The minimum atomic E-state index is 0.386. The summed E-state index contributed by atoms with van der Waals surface area (Å²) in [4.78, 5) is 4.75. The largest absolute Gasteiger partial charge is 0.357 e. The summed E-state index contributed by atoms with van der Waals surface area (Å²) in [5.74, 6) is 1.05. The van der Waals surface area contributed by atoms with Crippen molar-refractivity contribution in [2.45, 2.75) is 25.9 Å². The number of rotatable bonds is 4. The zero-order valence-corrected chi connectivity index (χ0v) is 13.1. The number of nitrogens with one attached hydrogen (secondary N) is 1. The first-order valence-corrected chi connectivity index (χ1v) is 8.41. The fourth-order valence-electron chi connectivity index (χ4n) is 2.56. The molecule has 2 aromatic carbocycles. The highest BCUT2D eigenvalue weighted by Gasteiger charge is 2.21. The van der Waals surface area contributed by atoms with Crippen LogP contribution in [-0.2, 0) is 13.0 Å². The Labute approximate surface area is 130 Å². The lowest BCUT2D eigenvalue weighted by atomic mass is 10.1. The van der Waals surface area contributed by atoms with E-state index in [1.54, 1.807) is 0 Å². The Bertz CT molecular complexity index is 622. The van der Waals surface area contributed by atoms with Crippen LogP contribution in [0.2, 0.25) is 0 Å². The number of hydrogen-bond acceptors (Lipinski definition) is 2. The van der Waals surface area contributed by atoms with Crippen molar-refractivity contribution in [2.75, 3.05) is 5.75 Å². The molecule has 2 nitrogen and oxygen atoms in total. The molecule has 1 aliphatic heterocycles. The Balaban J connectivity index is 1.66. The molecular formula is C18H20N2S. The lowest BCUT2D eigenvalue weighted by molar-refractivity contribution is 0.748. The molecule has 1 atom stereocenters.